The van der Waals surface area contributed by atoms with Crippen molar-refractivity contribution in [3.8, 4) is 0 Å². The van der Waals surface area contributed by atoms with Crippen LogP contribution in [0.1, 0.15) is 46.2 Å². The summed E-state index contributed by atoms with van der Waals surface area (Å²) in [6.07, 6.45) is -0.382. The molecule has 138 valence electrons. The molecule has 1 aromatic heterocycles. The van der Waals surface area contributed by atoms with Gasteiger partial charge in [0.1, 0.15) is 15.4 Å². The van der Waals surface area contributed by atoms with Crippen molar-refractivity contribution in [1.82, 2.24) is 14.8 Å². The van der Waals surface area contributed by atoms with Gasteiger partial charge in [-0.15, -0.1) is 0 Å². The van der Waals surface area contributed by atoms with E-state index in [1.165, 1.54) is 6.92 Å². The molecule has 2 heterocycles. The molecule has 25 heavy (non-hydrogen) atoms. The van der Waals surface area contributed by atoms with Crippen molar-refractivity contribution in [1.29, 1.82) is 0 Å². The van der Waals surface area contributed by atoms with Crippen molar-refractivity contribution in [3.63, 3.8) is 0 Å². The number of rotatable bonds is 1. The van der Waals surface area contributed by atoms with Crippen molar-refractivity contribution in [2.24, 2.45) is 0 Å². The molecule has 2 atom stereocenters. The van der Waals surface area contributed by atoms with Gasteiger partial charge in [-0.25, -0.2) is 9.78 Å². The monoisotopic (exact) mass is 431 g/mol. The fourth-order valence-electron chi connectivity index (χ4n) is 3.03. The lowest BCUT2D eigenvalue weighted by Gasteiger charge is -2.46. The number of hydrogen-bond acceptors (Lipinski definition) is 4. The van der Waals surface area contributed by atoms with Gasteiger partial charge in [-0.05, 0) is 61.3 Å². The Bertz CT molecular complexity index is 657. The zero-order valence-corrected chi connectivity index (χ0v) is 17.4. The molecular weight excluding hydrogens is 410 g/mol. The number of halogens is 2. The lowest BCUT2D eigenvalue weighted by Crippen LogP contribution is -2.57. The van der Waals surface area contributed by atoms with Gasteiger partial charge in [-0.2, -0.15) is 0 Å². The first-order valence-electron chi connectivity index (χ1n) is 8.09. The first kappa shape index (κ1) is 20.0. The molecule has 0 N–H and O–H groups in total. The molecule has 1 aromatic rings. The maximum Gasteiger partial charge on any atom is 0.410 e. The van der Waals surface area contributed by atoms with Crippen LogP contribution in [0.2, 0.25) is 5.15 Å². The SMILES string of the molecule is CC(=O)N1CCN(C(=O)OC(C)(C)C)[C@@H](C)[C@@H]1c1cc(Cl)nc(Br)c1. The molecule has 0 saturated carbocycles. The average molecular weight is 433 g/mol. The summed E-state index contributed by atoms with van der Waals surface area (Å²) in [7, 11) is 0. The van der Waals surface area contributed by atoms with E-state index in [-0.39, 0.29) is 24.1 Å². The van der Waals surface area contributed by atoms with Gasteiger partial charge in [0.05, 0.1) is 12.1 Å². The van der Waals surface area contributed by atoms with Crippen molar-refractivity contribution in [2.45, 2.75) is 52.3 Å². The Labute approximate surface area is 161 Å². The smallest absolute Gasteiger partial charge is 0.410 e. The summed E-state index contributed by atoms with van der Waals surface area (Å²) in [6, 6.07) is 2.96. The third-order valence-electron chi connectivity index (χ3n) is 4.03. The Hall–Kier alpha value is -1.34. The minimum Gasteiger partial charge on any atom is -0.444 e. The van der Waals surface area contributed by atoms with Crippen LogP contribution in [0.5, 0.6) is 0 Å². The molecule has 2 amide bonds. The molecule has 1 aliphatic heterocycles. The van der Waals surface area contributed by atoms with Gasteiger partial charge in [0.15, 0.2) is 0 Å². The normalized spacial score (nSPS) is 21.2. The number of ether oxygens (including phenoxy) is 1. The van der Waals surface area contributed by atoms with E-state index in [9.17, 15) is 9.59 Å². The molecule has 0 radical (unpaired) electrons. The number of pyridine rings is 1. The van der Waals surface area contributed by atoms with Crippen LogP contribution in [0.3, 0.4) is 0 Å². The third kappa shape index (κ3) is 4.85. The maximum atomic E-state index is 12.6. The van der Waals surface area contributed by atoms with Crippen molar-refractivity contribution in [2.75, 3.05) is 13.1 Å². The highest BCUT2D eigenvalue weighted by Crippen LogP contribution is 2.34. The first-order valence-corrected chi connectivity index (χ1v) is 9.26. The minimum atomic E-state index is -0.576. The number of nitrogens with zero attached hydrogens (tertiary/aromatic N) is 3. The Balaban J connectivity index is 2.37. The highest BCUT2D eigenvalue weighted by molar-refractivity contribution is 9.10. The molecule has 0 bridgehead atoms. The van der Waals surface area contributed by atoms with Gasteiger partial charge < -0.3 is 14.5 Å². The Morgan fingerprint density at radius 3 is 2.40 bits per heavy atom. The van der Waals surface area contributed by atoms with E-state index >= 15 is 0 Å². The number of aromatic nitrogens is 1. The van der Waals surface area contributed by atoms with Gasteiger partial charge in [-0.3, -0.25) is 4.79 Å². The minimum absolute atomic E-state index is 0.0512. The largest absolute Gasteiger partial charge is 0.444 e. The lowest BCUT2D eigenvalue weighted by atomic mass is 9.96. The molecule has 0 unspecified atom stereocenters. The van der Waals surface area contributed by atoms with Crippen LogP contribution in [-0.4, -0.2) is 51.5 Å². The van der Waals surface area contributed by atoms with Crippen molar-refractivity contribution in [3.05, 3.63) is 27.5 Å². The third-order valence-corrected chi connectivity index (χ3v) is 4.63. The zero-order valence-electron chi connectivity index (χ0n) is 15.0. The van der Waals surface area contributed by atoms with E-state index < -0.39 is 5.60 Å². The van der Waals surface area contributed by atoms with Crippen LogP contribution in [0, 0.1) is 0 Å². The quantitative estimate of drug-likeness (QED) is 0.629. The second kappa shape index (κ2) is 7.50. The number of piperazine rings is 1. The molecule has 2 rings (SSSR count). The predicted molar refractivity (Wildman–Crippen MR) is 99.5 cm³/mol. The summed E-state index contributed by atoms with van der Waals surface area (Å²) in [5.74, 6) is -0.0512. The van der Waals surface area contributed by atoms with E-state index in [0.29, 0.717) is 22.8 Å². The van der Waals surface area contributed by atoms with E-state index in [4.69, 9.17) is 16.3 Å². The molecule has 1 saturated heterocycles. The molecule has 0 aromatic carbocycles. The molecule has 1 fully saturated rings. The Morgan fingerprint density at radius 1 is 1.28 bits per heavy atom. The summed E-state index contributed by atoms with van der Waals surface area (Å²) in [4.78, 5) is 32.2. The van der Waals surface area contributed by atoms with Crippen LogP contribution < -0.4 is 0 Å². The highest BCUT2D eigenvalue weighted by atomic mass is 79.9. The maximum absolute atomic E-state index is 12.6. The van der Waals surface area contributed by atoms with Gasteiger partial charge in [0.2, 0.25) is 5.91 Å². The summed E-state index contributed by atoms with van der Waals surface area (Å²) in [6.45, 7) is 9.79. The summed E-state index contributed by atoms with van der Waals surface area (Å²) in [5, 5.41) is 0.328. The van der Waals surface area contributed by atoms with Gasteiger partial charge in [0.25, 0.3) is 0 Å². The summed E-state index contributed by atoms with van der Waals surface area (Å²) in [5.41, 5.74) is 0.246. The van der Waals surface area contributed by atoms with E-state index in [0.717, 1.165) is 5.56 Å². The van der Waals surface area contributed by atoms with Crippen LogP contribution in [0.25, 0.3) is 0 Å². The number of hydrogen-bond donors (Lipinski definition) is 0. The predicted octanol–water partition coefficient (Wildman–Crippen LogP) is 4.03. The van der Waals surface area contributed by atoms with Crippen LogP contribution >= 0.6 is 27.5 Å². The van der Waals surface area contributed by atoms with E-state index in [1.54, 1.807) is 15.9 Å². The Morgan fingerprint density at radius 2 is 1.88 bits per heavy atom. The number of carbonyl (C=O) groups is 2. The fourth-order valence-corrected chi connectivity index (χ4v) is 3.81. The van der Waals surface area contributed by atoms with Gasteiger partial charge >= 0.3 is 6.09 Å². The number of amides is 2. The average Bonchev–Trinajstić information content (AvgIpc) is 2.43. The first-order chi connectivity index (χ1) is 11.5. The topological polar surface area (TPSA) is 62.7 Å². The lowest BCUT2D eigenvalue weighted by molar-refractivity contribution is -0.136. The summed E-state index contributed by atoms with van der Waals surface area (Å²) >= 11 is 9.42. The summed E-state index contributed by atoms with van der Waals surface area (Å²) < 4.78 is 6.09. The molecule has 8 heteroatoms. The van der Waals surface area contributed by atoms with E-state index in [2.05, 4.69) is 20.9 Å². The van der Waals surface area contributed by atoms with Gasteiger partial charge in [0, 0.05) is 20.0 Å². The van der Waals surface area contributed by atoms with Crippen LogP contribution in [0.15, 0.2) is 16.7 Å². The molecule has 6 nitrogen and oxygen atoms in total. The second-order valence-electron chi connectivity index (χ2n) is 7.12. The second-order valence-corrected chi connectivity index (χ2v) is 8.32. The fraction of sp³-hybridized carbons (Fsp3) is 0.588. The molecule has 0 aliphatic carbocycles. The van der Waals surface area contributed by atoms with E-state index in [1.807, 2.05) is 33.8 Å². The van der Waals surface area contributed by atoms with Crippen molar-refractivity contribution >= 4 is 39.5 Å². The molecule has 0 spiro atoms. The van der Waals surface area contributed by atoms with Crippen LogP contribution in [0.4, 0.5) is 4.79 Å². The zero-order chi connectivity index (χ0) is 18.9. The standard InChI is InChI=1S/C17H23BrClN3O3/c1-10-15(12-8-13(18)20-14(19)9-12)22(11(2)23)7-6-21(10)16(24)25-17(3,4)5/h8-10,15H,6-7H2,1-5H3/t10-,15+/m0/s1. The highest BCUT2D eigenvalue weighted by Gasteiger charge is 2.40. The molecule has 1 aliphatic rings. The Kier molecular flexibility index (Phi) is 5.99. The van der Waals surface area contributed by atoms with Gasteiger partial charge in [-0.1, -0.05) is 11.6 Å². The van der Waals surface area contributed by atoms with Crippen molar-refractivity contribution < 1.29 is 14.3 Å². The molecular formula is C17H23BrClN3O3. The number of carbonyl (C=O) groups excluding carboxylic acids is 2. The van der Waals surface area contributed by atoms with Crippen LogP contribution in [-0.2, 0) is 9.53 Å².